The number of alkyl halides is 3. The summed E-state index contributed by atoms with van der Waals surface area (Å²) in [5.74, 6) is -2.20. The van der Waals surface area contributed by atoms with Crippen LogP contribution in [0.15, 0.2) is 0 Å². The third kappa shape index (κ3) is 2.11. The molecule has 1 aromatic heterocycles. The molecule has 1 fully saturated rings. The fraction of sp³-hybridized carbons (Fsp3) is 0.583. The highest BCUT2D eigenvalue weighted by Gasteiger charge is 2.46. The molecular weight excluding hydrogens is 289 g/mol. The van der Waals surface area contributed by atoms with Gasteiger partial charge < -0.3 is 9.88 Å². The Hall–Kier alpha value is -1.90. The van der Waals surface area contributed by atoms with E-state index in [0.717, 1.165) is 9.47 Å². The van der Waals surface area contributed by atoms with Crippen molar-refractivity contribution < 1.29 is 22.8 Å². The van der Waals surface area contributed by atoms with Gasteiger partial charge in [-0.3, -0.25) is 14.5 Å². The molecule has 0 saturated carbocycles. The number of amides is 2. The molecule has 2 amide bonds. The van der Waals surface area contributed by atoms with Gasteiger partial charge in [0, 0.05) is 32.3 Å². The van der Waals surface area contributed by atoms with Crippen LogP contribution in [0.4, 0.5) is 13.2 Å². The number of likely N-dealkylation sites (tertiary alicyclic amines) is 1. The molecule has 0 aliphatic carbocycles. The van der Waals surface area contributed by atoms with Gasteiger partial charge in [-0.15, -0.1) is 0 Å². The minimum Gasteiger partial charge on any atom is -0.311 e. The maximum absolute atomic E-state index is 13.2. The smallest absolute Gasteiger partial charge is 0.311 e. The minimum absolute atomic E-state index is 0.232. The summed E-state index contributed by atoms with van der Waals surface area (Å²) in [6.45, 7) is 0.747. The van der Waals surface area contributed by atoms with Crippen molar-refractivity contribution in [3.8, 4) is 0 Å². The van der Waals surface area contributed by atoms with Crippen LogP contribution in [0.1, 0.15) is 29.7 Å². The van der Waals surface area contributed by atoms with E-state index in [1.807, 2.05) is 0 Å². The lowest BCUT2D eigenvalue weighted by Crippen LogP contribution is -2.31. The normalized spacial score (nSPS) is 22.9. The van der Waals surface area contributed by atoms with E-state index in [9.17, 15) is 22.8 Å². The van der Waals surface area contributed by atoms with Crippen LogP contribution in [-0.4, -0.2) is 39.9 Å². The molecule has 2 aliphatic heterocycles. The lowest BCUT2D eigenvalue weighted by atomic mass is 10.1. The molecule has 0 spiro atoms. The molecule has 21 heavy (non-hydrogen) atoms. The number of carbonyl (C=O) groups excluding carboxylic acids is 2. The largest absolute Gasteiger partial charge is 0.449 e. The molecule has 0 radical (unpaired) electrons. The highest BCUT2D eigenvalue weighted by atomic mass is 19.4. The van der Waals surface area contributed by atoms with E-state index in [4.69, 9.17) is 0 Å². The minimum atomic E-state index is -4.66. The molecule has 1 saturated heterocycles. The third-order valence-electron chi connectivity index (χ3n) is 3.85. The summed E-state index contributed by atoms with van der Waals surface area (Å²) in [6.07, 6.45) is -4.57. The van der Waals surface area contributed by atoms with Crippen molar-refractivity contribution in [1.82, 2.24) is 19.8 Å². The molecule has 114 valence electrons. The topological polar surface area (TPSA) is 67.2 Å². The summed E-state index contributed by atoms with van der Waals surface area (Å²) >= 11 is 0. The quantitative estimate of drug-likeness (QED) is 0.766. The number of halogens is 3. The van der Waals surface area contributed by atoms with Crippen molar-refractivity contribution in [3.63, 3.8) is 0 Å². The van der Waals surface area contributed by atoms with Crippen molar-refractivity contribution in [1.29, 1.82) is 0 Å². The van der Waals surface area contributed by atoms with Gasteiger partial charge in [-0.2, -0.15) is 13.2 Å². The van der Waals surface area contributed by atoms with Crippen molar-refractivity contribution >= 4 is 11.8 Å². The van der Waals surface area contributed by atoms with Crippen molar-refractivity contribution in [2.75, 3.05) is 13.6 Å². The highest BCUT2D eigenvalue weighted by Crippen LogP contribution is 2.36. The average molecular weight is 302 g/mol. The highest BCUT2D eigenvalue weighted by molar-refractivity contribution is 6.04. The Kier molecular flexibility index (Phi) is 3.05. The van der Waals surface area contributed by atoms with E-state index in [1.165, 1.54) is 7.05 Å². The van der Waals surface area contributed by atoms with Gasteiger partial charge in [0.15, 0.2) is 0 Å². The third-order valence-corrected chi connectivity index (χ3v) is 3.85. The fourth-order valence-corrected chi connectivity index (χ4v) is 2.81. The van der Waals surface area contributed by atoms with Gasteiger partial charge in [-0.05, 0) is 0 Å². The van der Waals surface area contributed by atoms with E-state index in [-0.39, 0.29) is 13.0 Å². The van der Waals surface area contributed by atoms with Crippen molar-refractivity contribution in [2.45, 2.75) is 31.6 Å². The molecule has 9 heteroatoms. The van der Waals surface area contributed by atoms with Crippen LogP contribution in [0.2, 0.25) is 0 Å². The van der Waals surface area contributed by atoms with Crippen LogP contribution >= 0.6 is 0 Å². The van der Waals surface area contributed by atoms with Gasteiger partial charge in [0.05, 0.1) is 12.1 Å². The van der Waals surface area contributed by atoms with Crippen LogP contribution in [0.3, 0.4) is 0 Å². The van der Waals surface area contributed by atoms with Gasteiger partial charge in [0.1, 0.15) is 6.04 Å². The molecule has 6 nitrogen and oxygen atoms in total. The van der Waals surface area contributed by atoms with Crippen LogP contribution in [0.5, 0.6) is 0 Å². The number of hydrogen-bond donors (Lipinski definition) is 1. The molecule has 1 unspecified atom stereocenters. The Morgan fingerprint density at radius 3 is 2.62 bits per heavy atom. The van der Waals surface area contributed by atoms with Crippen LogP contribution in [-0.2, 0) is 28.7 Å². The van der Waals surface area contributed by atoms with Gasteiger partial charge in [-0.25, -0.2) is 4.98 Å². The van der Waals surface area contributed by atoms with Crippen molar-refractivity contribution in [2.24, 2.45) is 0 Å². The maximum atomic E-state index is 13.2. The number of nitrogens with zero attached hydrogens (tertiary/aromatic N) is 3. The van der Waals surface area contributed by atoms with Crippen LogP contribution in [0.25, 0.3) is 0 Å². The number of carbonyl (C=O) groups is 2. The average Bonchev–Trinajstić information content (AvgIpc) is 2.92. The summed E-state index contributed by atoms with van der Waals surface area (Å²) in [5.41, 5.74) is 0.686. The number of nitrogens with one attached hydrogen (secondary N) is 1. The summed E-state index contributed by atoms with van der Waals surface area (Å²) < 4.78 is 40.5. The predicted octanol–water partition coefficient (Wildman–Crippen LogP) is 0.477. The Bertz CT molecular complexity index is 623. The van der Waals surface area contributed by atoms with E-state index in [1.54, 1.807) is 0 Å². The first-order chi connectivity index (χ1) is 9.80. The Labute approximate surface area is 117 Å². The molecule has 1 atom stereocenters. The molecule has 1 aromatic rings. The van der Waals surface area contributed by atoms with Gasteiger partial charge in [-0.1, -0.05) is 0 Å². The molecule has 3 heterocycles. The molecular formula is C12H13F3N4O2. The number of rotatable bonds is 1. The second-order valence-electron chi connectivity index (χ2n) is 5.13. The second kappa shape index (κ2) is 4.55. The molecule has 2 aliphatic rings. The number of fused-ring (bicyclic) bond motifs is 1. The zero-order valence-electron chi connectivity index (χ0n) is 11.2. The lowest BCUT2D eigenvalue weighted by Gasteiger charge is -2.20. The van der Waals surface area contributed by atoms with Crippen LogP contribution in [0, 0.1) is 0 Å². The Balaban J connectivity index is 2.14. The lowest BCUT2D eigenvalue weighted by molar-refractivity contribution is -0.149. The monoisotopic (exact) mass is 302 g/mol. The summed E-state index contributed by atoms with van der Waals surface area (Å²) in [6, 6.07) is -1.14. The number of aromatic nitrogens is 2. The first kappa shape index (κ1) is 14.1. The number of hydrogen-bond acceptors (Lipinski definition) is 4. The summed E-state index contributed by atoms with van der Waals surface area (Å²) in [5, 5.41) is 2.95. The maximum Gasteiger partial charge on any atom is 0.449 e. The predicted molar refractivity (Wildman–Crippen MR) is 64.1 cm³/mol. The molecule has 1 N–H and O–H groups in total. The van der Waals surface area contributed by atoms with E-state index < -0.39 is 29.9 Å². The van der Waals surface area contributed by atoms with Gasteiger partial charge >= 0.3 is 6.18 Å². The van der Waals surface area contributed by atoms with E-state index in [0.29, 0.717) is 24.4 Å². The van der Waals surface area contributed by atoms with Crippen LogP contribution < -0.4 is 5.32 Å². The molecule has 0 bridgehead atoms. The summed E-state index contributed by atoms with van der Waals surface area (Å²) in [7, 11) is 1.28. The number of imidazole rings is 1. The first-order valence-electron chi connectivity index (χ1n) is 6.49. The van der Waals surface area contributed by atoms with Gasteiger partial charge in [0.25, 0.3) is 5.91 Å². The second-order valence-corrected chi connectivity index (χ2v) is 5.13. The summed E-state index contributed by atoms with van der Waals surface area (Å²) in [4.78, 5) is 28.2. The number of imide groups is 1. The van der Waals surface area contributed by atoms with Gasteiger partial charge in [0.2, 0.25) is 11.7 Å². The van der Waals surface area contributed by atoms with Crippen molar-refractivity contribution in [3.05, 3.63) is 17.2 Å². The SMILES string of the molecule is CN1C(=O)CC(n2c(C(F)(F)F)nc3c2CCNC3)C1=O. The van der Waals surface area contributed by atoms with E-state index >= 15 is 0 Å². The fourth-order valence-electron chi connectivity index (χ4n) is 2.81. The standard InChI is InChI=1S/C12H13F3N4O2/c1-18-9(20)4-8(10(18)21)19-7-2-3-16-5-6(7)17-11(19)12(13,14)15/h8,16H,2-5H2,1H3. The molecule has 3 rings (SSSR count). The Morgan fingerprint density at radius 2 is 2.05 bits per heavy atom. The number of likely N-dealkylation sites (N-methyl/N-ethyl adjacent to an activating group) is 1. The first-order valence-corrected chi connectivity index (χ1v) is 6.49. The zero-order valence-corrected chi connectivity index (χ0v) is 11.2. The Morgan fingerprint density at radius 1 is 1.33 bits per heavy atom. The zero-order chi connectivity index (χ0) is 15.4. The molecule has 0 aromatic carbocycles. The van der Waals surface area contributed by atoms with E-state index in [2.05, 4.69) is 10.3 Å².